The number of primary amides is 1. The molecule has 5 rings (SSSR count). The molecule has 8 heteroatoms. The van der Waals surface area contributed by atoms with Crippen LogP contribution in [0.15, 0.2) is 55.3 Å². The standard InChI is InChI=1S/C33H40N6O2/c1-19(38-18-20(2)39-27(17-34)14-26-15-30(26)39)16-33(32(35)41)28-10-8-22(21(3)36-4)12-23(28)6-7-24-13-25(31(40)37-5)9-11-29(24)33/h8-13,19,26-27,30,36,38H,2-3,6-7,14-16,18H2,1,4-5H3,(H2,35,41)(H,37,40)/t19-,26+,27?,30?,33?/m0/s1. The number of nitrogens with one attached hydrogen (secondary N) is 3. The number of fused-ring (bicyclic) bond motifs is 3. The molecule has 1 aliphatic heterocycles. The van der Waals surface area contributed by atoms with Gasteiger partial charge in [0.1, 0.15) is 11.5 Å². The number of carbonyl (C=O) groups excluding carboxylic acids is 2. The van der Waals surface area contributed by atoms with E-state index in [1.165, 1.54) is 0 Å². The predicted molar refractivity (Wildman–Crippen MR) is 161 cm³/mol. The van der Waals surface area contributed by atoms with E-state index in [1.54, 1.807) is 13.1 Å². The first-order valence-corrected chi connectivity index (χ1v) is 14.4. The number of likely N-dealkylation sites (tertiary alicyclic amines) is 1. The number of nitrogens with zero attached hydrogens (tertiary/aromatic N) is 2. The van der Waals surface area contributed by atoms with Crippen molar-refractivity contribution in [2.24, 2.45) is 11.7 Å². The Kier molecular flexibility index (Phi) is 7.67. The highest BCUT2D eigenvalue weighted by atomic mass is 16.2. The molecule has 214 valence electrons. The summed E-state index contributed by atoms with van der Waals surface area (Å²) in [7, 11) is 3.45. The molecule has 0 aromatic heterocycles. The van der Waals surface area contributed by atoms with Crippen molar-refractivity contribution in [1.29, 1.82) is 5.26 Å². The summed E-state index contributed by atoms with van der Waals surface area (Å²) in [5.74, 6) is 0.0116. The third-order valence-electron chi connectivity index (χ3n) is 9.24. The molecule has 1 heterocycles. The third kappa shape index (κ3) is 5.00. The molecular formula is C33H40N6O2. The summed E-state index contributed by atoms with van der Waals surface area (Å²) < 4.78 is 0. The first-order valence-electron chi connectivity index (χ1n) is 14.4. The van der Waals surface area contributed by atoms with E-state index in [4.69, 9.17) is 5.73 Å². The molecule has 2 aliphatic carbocycles. The zero-order valence-electron chi connectivity index (χ0n) is 24.2. The lowest BCUT2D eigenvalue weighted by molar-refractivity contribution is -0.122. The fraction of sp³-hybridized carbons (Fsp3) is 0.424. The van der Waals surface area contributed by atoms with E-state index in [9.17, 15) is 14.9 Å². The van der Waals surface area contributed by atoms with Crippen molar-refractivity contribution in [3.05, 3.63) is 88.6 Å². The zero-order chi connectivity index (χ0) is 29.5. The summed E-state index contributed by atoms with van der Waals surface area (Å²) in [6.07, 6.45) is 3.84. The number of piperidine rings is 1. The molecule has 1 saturated carbocycles. The number of rotatable bonds is 10. The monoisotopic (exact) mass is 552 g/mol. The SMILES string of the molecule is C=C(NC)c1ccc2c(c1)CCc1cc(C(=O)NC)ccc1C2(C[C@H](C)NCC(=C)N1C(C#N)C[C@@H]2CC21)C(N)=O. The summed E-state index contributed by atoms with van der Waals surface area (Å²) in [6, 6.07) is 14.3. The lowest BCUT2D eigenvalue weighted by Crippen LogP contribution is -2.48. The van der Waals surface area contributed by atoms with Crippen molar-refractivity contribution in [3.63, 3.8) is 0 Å². The maximum absolute atomic E-state index is 13.7. The first-order chi connectivity index (χ1) is 19.6. The van der Waals surface area contributed by atoms with Crippen LogP contribution in [0, 0.1) is 17.2 Å². The quantitative estimate of drug-likeness (QED) is 0.359. The molecule has 3 unspecified atom stereocenters. The number of carbonyl (C=O) groups is 2. The molecule has 2 fully saturated rings. The Morgan fingerprint density at radius 1 is 1.07 bits per heavy atom. The third-order valence-corrected chi connectivity index (χ3v) is 9.24. The number of nitrogens with two attached hydrogens (primary N) is 1. The smallest absolute Gasteiger partial charge is 0.251 e. The van der Waals surface area contributed by atoms with E-state index in [0.29, 0.717) is 43.3 Å². The number of benzene rings is 2. The van der Waals surface area contributed by atoms with Gasteiger partial charge >= 0.3 is 0 Å². The van der Waals surface area contributed by atoms with Crippen LogP contribution in [0.4, 0.5) is 0 Å². The highest BCUT2D eigenvalue weighted by molar-refractivity contribution is 5.96. The molecule has 0 radical (unpaired) electrons. The van der Waals surface area contributed by atoms with Gasteiger partial charge in [-0.1, -0.05) is 31.4 Å². The lowest BCUT2D eigenvalue weighted by atomic mass is 9.68. The van der Waals surface area contributed by atoms with Crippen LogP contribution < -0.4 is 21.7 Å². The molecule has 5 atom stereocenters. The highest BCUT2D eigenvalue weighted by Gasteiger charge is 2.52. The Bertz CT molecular complexity index is 1390. The van der Waals surface area contributed by atoms with E-state index < -0.39 is 11.3 Å². The second kappa shape index (κ2) is 11.1. The van der Waals surface area contributed by atoms with Crippen molar-refractivity contribution >= 4 is 17.5 Å². The average Bonchev–Trinajstić information content (AvgIpc) is 3.67. The van der Waals surface area contributed by atoms with Crippen molar-refractivity contribution in [2.45, 2.75) is 62.6 Å². The van der Waals surface area contributed by atoms with Crippen LogP contribution in [0.25, 0.3) is 5.70 Å². The minimum atomic E-state index is -1.11. The summed E-state index contributed by atoms with van der Waals surface area (Å²) in [4.78, 5) is 28.4. The minimum absolute atomic E-state index is 0.109. The maximum atomic E-state index is 13.7. The van der Waals surface area contributed by atoms with Crippen molar-refractivity contribution < 1.29 is 9.59 Å². The molecule has 0 spiro atoms. The number of amides is 2. The zero-order valence-corrected chi connectivity index (χ0v) is 24.2. The van der Waals surface area contributed by atoms with Gasteiger partial charge in [0.25, 0.3) is 5.91 Å². The van der Waals surface area contributed by atoms with Gasteiger partial charge in [-0.2, -0.15) is 5.26 Å². The van der Waals surface area contributed by atoms with Gasteiger partial charge in [0, 0.05) is 49.7 Å². The summed E-state index contributed by atoms with van der Waals surface area (Å²) in [5.41, 5.74) is 12.2. The van der Waals surface area contributed by atoms with Gasteiger partial charge in [-0.3, -0.25) is 9.59 Å². The van der Waals surface area contributed by atoms with Gasteiger partial charge in [-0.15, -0.1) is 0 Å². The lowest BCUT2D eigenvalue weighted by Gasteiger charge is -2.36. The van der Waals surface area contributed by atoms with Gasteiger partial charge in [0.2, 0.25) is 5.91 Å². The van der Waals surface area contributed by atoms with Gasteiger partial charge in [-0.05, 0) is 91.0 Å². The van der Waals surface area contributed by atoms with E-state index in [1.807, 2.05) is 31.3 Å². The average molecular weight is 553 g/mol. The van der Waals surface area contributed by atoms with Crippen LogP contribution in [0.1, 0.15) is 64.4 Å². The Balaban J connectivity index is 1.51. The fourth-order valence-corrected chi connectivity index (χ4v) is 6.99. The topological polar surface area (TPSA) is 123 Å². The number of aryl methyl sites for hydroxylation is 2. The van der Waals surface area contributed by atoms with E-state index in [-0.39, 0.29) is 18.0 Å². The molecule has 1 saturated heterocycles. The molecule has 2 aromatic carbocycles. The van der Waals surface area contributed by atoms with Crippen LogP contribution in [0.3, 0.4) is 0 Å². The van der Waals surface area contributed by atoms with Crippen molar-refractivity contribution in [2.75, 3.05) is 20.6 Å². The van der Waals surface area contributed by atoms with E-state index in [0.717, 1.165) is 52.1 Å². The van der Waals surface area contributed by atoms with Crippen LogP contribution in [-0.2, 0) is 23.1 Å². The number of hydrogen-bond acceptors (Lipinski definition) is 6. The molecular weight excluding hydrogens is 512 g/mol. The molecule has 8 nitrogen and oxygen atoms in total. The summed E-state index contributed by atoms with van der Waals surface area (Å²) in [5, 5.41) is 19.0. The minimum Gasteiger partial charge on any atom is -0.388 e. The van der Waals surface area contributed by atoms with Gasteiger partial charge < -0.3 is 26.6 Å². The van der Waals surface area contributed by atoms with E-state index >= 15 is 0 Å². The van der Waals surface area contributed by atoms with Crippen LogP contribution >= 0.6 is 0 Å². The molecule has 5 N–H and O–H groups in total. The second-order valence-electron chi connectivity index (χ2n) is 11.7. The Hall–Kier alpha value is -4.09. The highest BCUT2D eigenvalue weighted by Crippen LogP contribution is 2.49. The molecule has 2 amide bonds. The first kappa shape index (κ1) is 28.4. The molecule has 2 aromatic rings. The van der Waals surface area contributed by atoms with E-state index in [2.05, 4.69) is 53.1 Å². The predicted octanol–water partition coefficient (Wildman–Crippen LogP) is 2.97. The molecule has 0 bridgehead atoms. The van der Waals surface area contributed by atoms with Crippen molar-refractivity contribution in [3.8, 4) is 6.07 Å². The van der Waals surface area contributed by atoms with Crippen molar-refractivity contribution in [1.82, 2.24) is 20.9 Å². The Labute approximate surface area is 242 Å². The van der Waals surface area contributed by atoms with Gasteiger partial charge in [0.15, 0.2) is 0 Å². The Morgan fingerprint density at radius 2 is 1.71 bits per heavy atom. The largest absolute Gasteiger partial charge is 0.388 e. The molecule has 41 heavy (non-hydrogen) atoms. The summed E-state index contributed by atoms with van der Waals surface area (Å²) >= 11 is 0. The number of hydrogen-bond donors (Lipinski definition) is 4. The number of nitriles is 1. The van der Waals surface area contributed by atoms with Gasteiger partial charge in [0.05, 0.1) is 6.07 Å². The van der Waals surface area contributed by atoms with Crippen LogP contribution in [0.2, 0.25) is 0 Å². The maximum Gasteiger partial charge on any atom is 0.251 e. The van der Waals surface area contributed by atoms with Crippen LogP contribution in [0.5, 0.6) is 0 Å². The Morgan fingerprint density at radius 3 is 2.29 bits per heavy atom. The normalized spacial score (nSPS) is 24.5. The summed E-state index contributed by atoms with van der Waals surface area (Å²) in [6.45, 7) is 11.0. The fourth-order valence-electron chi connectivity index (χ4n) is 6.99. The second-order valence-corrected chi connectivity index (χ2v) is 11.7. The molecule has 3 aliphatic rings. The van der Waals surface area contributed by atoms with Crippen LogP contribution in [-0.4, -0.2) is 55.5 Å². The van der Waals surface area contributed by atoms with Gasteiger partial charge in [-0.25, -0.2) is 0 Å².